The van der Waals surface area contributed by atoms with Gasteiger partial charge in [0.2, 0.25) is 0 Å². The third-order valence-corrected chi connectivity index (χ3v) is 4.28. The Bertz CT molecular complexity index is 450. The first-order chi connectivity index (χ1) is 10.7. The number of aromatic nitrogens is 1. The summed E-state index contributed by atoms with van der Waals surface area (Å²) in [5.41, 5.74) is 3.86. The van der Waals surface area contributed by atoms with Gasteiger partial charge in [-0.2, -0.15) is 0 Å². The first-order valence-electron chi connectivity index (χ1n) is 7.95. The smallest absolute Gasteiger partial charge is 0.264 e. The summed E-state index contributed by atoms with van der Waals surface area (Å²) in [6, 6.07) is 3.88. The molecule has 0 spiro atoms. The third-order valence-electron chi connectivity index (χ3n) is 3.18. The van der Waals surface area contributed by atoms with Gasteiger partial charge in [0, 0.05) is 41.7 Å². The number of hydrogen-bond donors (Lipinski definition) is 1. The molecule has 0 fully saturated rings. The zero-order chi connectivity index (χ0) is 16.2. The van der Waals surface area contributed by atoms with Crippen LogP contribution in [-0.4, -0.2) is 34.7 Å². The highest BCUT2D eigenvalue weighted by Gasteiger charge is 2.16. The maximum absolute atomic E-state index is 12.5. The van der Waals surface area contributed by atoms with Crippen molar-refractivity contribution >= 4 is 17.7 Å². The molecule has 122 valence electrons. The Morgan fingerprint density at radius 3 is 2.59 bits per heavy atom. The number of pyridine rings is 1. The molecule has 22 heavy (non-hydrogen) atoms. The van der Waals surface area contributed by atoms with E-state index in [4.69, 9.17) is 0 Å². The number of rotatable bonds is 11. The summed E-state index contributed by atoms with van der Waals surface area (Å²) in [5, 5.41) is 1.73. The summed E-state index contributed by atoms with van der Waals surface area (Å²) in [6.07, 6.45) is 7.75. The van der Waals surface area contributed by atoms with Crippen LogP contribution in [0.25, 0.3) is 0 Å². The van der Waals surface area contributed by atoms with E-state index in [2.05, 4.69) is 30.8 Å². The standard InChI is InChI=1S/C17H27N3OS/c1-4-6-10-19-20(13-7-5-2)17(21)15(3)14-22-16-8-11-18-12-9-16/h8-9,11-12,19H,3-7,10,13-14H2,1-2H3. The molecule has 0 aliphatic heterocycles. The van der Waals surface area contributed by atoms with Gasteiger partial charge in [0.1, 0.15) is 0 Å². The van der Waals surface area contributed by atoms with E-state index < -0.39 is 0 Å². The number of thioether (sulfide) groups is 1. The highest BCUT2D eigenvalue weighted by Crippen LogP contribution is 2.19. The van der Waals surface area contributed by atoms with Gasteiger partial charge < -0.3 is 0 Å². The van der Waals surface area contributed by atoms with E-state index in [0.717, 1.165) is 43.7 Å². The molecule has 0 aliphatic carbocycles. The fourth-order valence-electron chi connectivity index (χ4n) is 1.82. The molecule has 1 N–H and O–H groups in total. The van der Waals surface area contributed by atoms with E-state index in [1.165, 1.54) is 0 Å². The average Bonchev–Trinajstić information content (AvgIpc) is 2.56. The minimum atomic E-state index is 0.00566. The fourth-order valence-corrected chi connectivity index (χ4v) is 2.60. The number of nitrogens with one attached hydrogen (secondary N) is 1. The first kappa shape index (κ1) is 18.7. The van der Waals surface area contributed by atoms with Crippen LogP contribution in [0.3, 0.4) is 0 Å². The molecule has 0 saturated carbocycles. The molecule has 0 unspecified atom stereocenters. The van der Waals surface area contributed by atoms with Crippen LogP contribution in [0.2, 0.25) is 0 Å². The molecule has 1 amide bonds. The summed E-state index contributed by atoms with van der Waals surface area (Å²) < 4.78 is 0. The number of nitrogens with zero attached hydrogens (tertiary/aromatic N) is 2. The molecule has 5 heteroatoms. The number of unbranched alkanes of at least 4 members (excludes halogenated alkanes) is 2. The van der Waals surface area contributed by atoms with Crippen molar-refractivity contribution in [1.82, 2.24) is 15.4 Å². The lowest BCUT2D eigenvalue weighted by molar-refractivity contribution is -0.130. The van der Waals surface area contributed by atoms with Crippen LogP contribution in [0, 0.1) is 0 Å². The van der Waals surface area contributed by atoms with Crippen LogP contribution in [0.5, 0.6) is 0 Å². The van der Waals surface area contributed by atoms with E-state index >= 15 is 0 Å². The minimum Gasteiger partial charge on any atom is -0.274 e. The monoisotopic (exact) mass is 321 g/mol. The Labute approximate surface area is 138 Å². The summed E-state index contributed by atoms with van der Waals surface area (Å²) in [7, 11) is 0. The largest absolute Gasteiger partial charge is 0.274 e. The number of carbonyl (C=O) groups excluding carboxylic acids is 1. The topological polar surface area (TPSA) is 45.2 Å². The van der Waals surface area contributed by atoms with Gasteiger partial charge in [-0.15, -0.1) is 11.8 Å². The second kappa shape index (κ2) is 11.3. The second-order valence-corrected chi connectivity index (χ2v) is 6.20. The molecule has 0 atom stereocenters. The van der Waals surface area contributed by atoms with Gasteiger partial charge in [-0.3, -0.25) is 14.8 Å². The molecule has 0 radical (unpaired) electrons. The number of hydrogen-bond acceptors (Lipinski definition) is 4. The van der Waals surface area contributed by atoms with Crippen LogP contribution in [0.4, 0.5) is 0 Å². The number of carbonyl (C=O) groups is 1. The SMILES string of the molecule is C=C(CSc1ccncc1)C(=O)N(CCCC)NCCCC. The van der Waals surface area contributed by atoms with Crippen LogP contribution in [0.1, 0.15) is 39.5 Å². The van der Waals surface area contributed by atoms with Gasteiger partial charge in [-0.05, 0) is 25.0 Å². The fraction of sp³-hybridized carbons (Fsp3) is 0.529. The van der Waals surface area contributed by atoms with Crippen LogP contribution >= 0.6 is 11.8 Å². The highest BCUT2D eigenvalue weighted by molar-refractivity contribution is 7.99. The van der Waals surface area contributed by atoms with Crippen molar-refractivity contribution < 1.29 is 4.79 Å². The van der Waals surface area contributed by atoms with Gasteiger partial charge in [-0.25, -0.2) is 5.43 Å². The predicted molar refractivity (Wildman–Crippen MR) is 93.6 cm³/mol. The van der Waals surface area contributed by atoms with Gasteiger partial charge >= 0.3 is 0 Å². The van der Waals surface area contributed by atoms with Crippen molar-refractivity contribution in [2.24, 2.45) is 0 Å². The zero-order valence-corrected chi connectivity index (χ0v) is 14.5. The van der Waals surface area contributed by atoms with Crippen molar-refractivity contribution in [3.63, 3.8) is 0 Å². The van der Waals surface area contributed by atoms with E-state index in [1.807, 2.05) is 12.1 Å². The van der Waals surface area contributed by atoms with E-state index in [0.29, 0.717) is 11.3 Å². The summed E-state index contributed by atoms with van der Waals surface area (Å²) in [5.74, 6) is 0.604. The Hall–Kier alpha value is -1.33. The lowest BCUT2D eigenvalue weighted by atomic mass is 10.3. The van der Waals surface area contributed by atoms with E-state index in [-0.39, 0.29) is 5.91 Å². The highest BCUT2D eigenvalue weighted by atomic mass is 32.2. The molecular formula is C17H27N3OS. The molecule has 0 saturated heterocycles. The molecule has 0 aromatic carbocycles. The summed E-state index contributed by atoms with van der Waals surface area (Å²) >= 11 is 1.61. The summed E-state index contributed by atoms with van der Waals surface area (Å²) in [4.78, 5) is 17.6. The van der Waals surface area contributed by atoms with Crippen molar-refractivity contribution in [2.75, 3.05) is 18.8 Å². The number of amides is 1. The van der Waals surface area contributed by atoms with Gasteiger partial charge in [0.15, 0.2) is 0 Å². The van der Waals surface area contributed by atoms with Gasteiger partial charge in [-0.1, -0.05) is 33.3 Å². The quantitative estimate of drug-likeness (QED) is 0.292. The molecule has 0 bridgehead atoms. The molecule has 0 aliphatic rings. The third kappa shape index (κ3) is 7.09. The lowest BCUT2D eigenvalue weighted by Crippen LogP contribution is -2.44. The van der Waals surface area contributed by atoms with Crippen LogP contribution in [-0.2, 0) is 4.79 Å². The van der Waals surface area contributed by atoms with Crippen molar-refractivity contribution in [3.05, 3.63) is 36.7 Å². The summed E-state index contributed by atoms with van der Waals surface area (Å²) in [6.45, 7) is 9.79. The normalized spacial score (nSPS) is 10.5. The van der Waals surface area contributed by atoms with Gasteiger partial charge in [0.25, 0.3) is 5.91 Å². The molecule has 1 heterocycles. The molecule has 1 rings (SSSR count). The van der Waals surface area contributed by atoms with E-state index in [9.17, 15) is 4.79 Å². The maximum atomic E-state index is 12.5. The first-order valence-corrected chi connectivity index (χ1v) is 8.93. The Kier molecular flexibility index (Phi) is 9.59. The Morgan fingerprint density at radius 2 is 1.95 bits per heavy atom. The van der Waals surface area contributed by atoms with Gasteiger partial charge in [0.05, 0.1) is 0 Å². The molecule has 1 aromatic rings. The van der Waals surface area contributed by atoms with Crippen LogP contribution < -0.4 is 5.43 Å². The molecule has 1 aromatic heterocycles. The number of hydrazine groups is 1. The second-order valence-electron chi connectivity index (χ2n) is 5.15. The van der Waals surface area contributed by atoms with Crippen LogP contribution in [0.15, 0.2) is 41.6 Å². The minimum absolute atomic E-state index is 0.00566. The molecule has 4 nitrogen and oxygen atoms in total. The zero-order valence-electron chi connectivity index (χ0n) is 13.7. The predicted octanol–water partition coefficient (Wildman–Crippen LogP) is 3.66. The average molecular weight is 321 g/mol. The van der Waals surface area contributed by atoms with Crippen molar-refractivity contribution in [3.8, 4) is 0 Å². The lowest BCUT2D eigenvalue weighted by Gasteiger charge is -2.24. The maximum Gasteiger partial charge on any atom is 0.264 e. The van der Waals surface area contributed by atoms with E-state index in [1.54, 1.807) is 29.2 Å². The van der Waals surface area contributed by atoms with Crippen molar-refractivity contribution in [1.29, 1.82) is 0 Å². The Morgan fingerprint density at radius 1 is 1.27 bits per heavy atom. The Balaban J connectivity index is 2.49. The van der Waals surface area contributed by atoms with Crippen molar-refractivity contribution in [2.45, 2.75) is 44.4 Å². The molecular weight excluding hydrogens is 294 g/mol.